The van der Waals surface area contributed by atoms with E-state index in [4.69, 9.17) is 5.73 Å². The fraction of sp³-hybridized carbons (Fsp3) is 0.286. The van der Waals surface area contributed by atoms with Crippen molar-refractivity contribution in [3.8, 4) is 11.8 Å². The lowest BCUT2D eigenvalue weighted by Gasteiger charge is -2.00. The van der Waals surface area contributed by atoms with Crippen LogP contribution in [0.25, 0.3) is 0 Å². The largest absolute Gasteiger partial charge is 0.398 e. The van der Waals surface area contributed by atoms with Crippen LogP contribution in [0.3, 0.4) is 0 Å². The number of hydrogen-bond donors (Lipinski definition) is 1. The Morgan fingerprint density at radius 2 is 2.06 bits per heavy atom. The minimum atomic E-state index is -0.0148. The molecule has 0 saturated heterocycles. The molecule has 1 aromatic rings. The molecule has 0 aliphatic heterocycles. The van der Waals surface area contributed by atoms with E-state index < -0.39 is 0 Å². The third kappa shape index (κ3) is 4.64. The Bertz CT molecular complexity index is 526. The van der Waals surface area contributed by atoms with Crippen molar-refractivity contribution in [3.63, 3.8) is 0 Å². The standard InChI is InChI=1S/C14H15NO2S/c1-10(16)13-7-6-12(14(15)9-13)5-3-4-8-18-11(2)17/h6-7,9H,4,8,15H2,1-2H3. The van der Waals surface area contributed by atoms with Gasteiger partial charge in [0.05, 0.1) is 0 Å². The Kier molecular flexibility index (Phi) is 5.47. The van der Waals surface area contributed by atoms with Crippen molar-refractivity contribution >= 4 is 28.3 Å². The number of nitrogen functional groups attached to an aromatic ring is 1. The van der Waals surface area contributed by atoms with E-state index in [0.717, 1.165) is 0 Å². The number of hydrogen-bond acceptors (Lipinski definition) is 4. The molecule has 2 N–H and O–H groups in total. The number of ketones is 1. The molecule has 1 aromatic carbocycles. The first kappa shape index (κ1) is 14.3. The van der Waals surface area contributed by atoms with E-state index >= 15 is 0 Å². The quantitative estimate of drug-likeness (QED) is 0.393. The normalized spacial score (nSPS) is 9.44. The summed E-state index contributed by atoms with van der Waals surface area (Å²) in [7, 11) is 0. The maximum Gasteiger partial charge on any atom is 0.185 e. The molecule has 0 aliphatic rings. The van der Waals surface area contributed by atoms with Crippen molar-refractivity contribution in [3.05, 3.63) is 29.3 Å². The molecule has 0 amide bonds. The summed E-state index contributed by atoms with van der Waals surface area (Å²) in [5.41, 5.74) is 7.62. The van der Waals surface area contributed by atoms with E-state index in [1.807, 2.05) is 0 Å². The number of nitrogens with two attached hydrogens (primary N) is 1. The number of benzene rings is 1. The van der Waals surface area contributed by atoms with Crippen molar-refractivity contribution in [1.29, 1.82) is 0 Å². The summed E-state index contributed by atoms with van der Waals surface area (Å²) < 4.78 is 0. The van der Waals surface area contributed by atoms with E-state index in [9.17, 15) is 9.59 Å². The molecule has 0 radical (unpaired) electrons. The van der Waals surface area contributed by atoms with Gasteiger partial charge in [0.15, 0.2) is 10.9 Å². The van der Waals surface area contributed by atoms with Gasteiger partial charge in [-0.3, -0.25) is 9.59 Å². The lowest BCUT2D eigenvalue weighted by atomic mass is 10.1. The van der Waals surface area contributed by atoms with Crippen LogP contribution in [-0.2, 0) is 4.79 Å². The van der Waals surface area contributed by atoms with Crippen LogP contribution in [0.5, 0.6) is 0 Å². The molecule has 0 atom stereocenters. The Morgan fingerprint density at radius 3 is 2.61 bits per heavy atom. The maximum atomic E-state index is 11.1. The van der Waals surface area contributed by atoms with Gasteiger partial charge in [-0.1, -0.05) is 29.7 Å². The molecule has 0 saturated carbocycles. The molecule has 3 nitrogen and oxygen atoms in total. The molecule has 0 heterocycles. The molecule has 0 bridgehead atoms. The number of rotatable bonds is 3. The highest BCUT2D eigenvalue weighted by atomic mass is 32.2. The van der Waals surface area contributed by atoms with Crippen molar-refractivity contribution < 1.29 is 9.59 Å². The van der Waals surface area contributed by atoms with Gasteiger partial charge in [0.2, 0.25) is 0 Å². The Hall–Kier alpha value is -1.73. The molecular weight excluding hydrogens is 246 g/mol. The summed E-state index contributed by atoms with van der Waals surface area (Å²) in [6.07, 6.45) is 0.637. The third-order valence-electron chi connectivity index (χ3n) is 2.21. The van der Waals surface area contributed by atoms with Gasteiger partial charge in [0, 0.05) is 35.9 Å². The van der Waals surface area contributed by atoms with E-state index in [1.54, 1.807) is 18.2 Å². The van der Waals surface area contributed by atoms with Gasteiger partial charge in [-0.25, -0.2) is 0 Å². The summed E-state index contributed by atoms with van der Waals surface area (Å²) in [6.45, 7) is 3.04. The second-order valence-corrected chi connectivity index (χ2v) is 5.02. The number of carbonyl (C=O) groups is 2. The monoisotopic (exact) mass is 261 g/mol. The average Bonchev–Trinajstić information content (AvgIpc) is 2.29. The van der Waals surface area contributed by atoms with Crippen LogP contribution in [0.15, 0.2) is 18.2 Å². The predicted octanol–water partition coefficient (Wildman–Crippen LogP) is 2.49. The van der Waals surface area contributed by atoms with Crippen molar-refractivity contribution in [2.24, 2.45) is 0 Å². The maximum absolute atomic E-state index is 11.1. The third-order valence-corrected chi connectivity index (χ3v) is 3.03. The number of anilines is 1. The van der Waals surface area contributed by atoms with Gasteiger partial charge in [-0.2, -0.15) is 0 Å². The topological polar surface area (TPSA) is 60.2 Å². The van der Waals surface area contributed by atoms with Crippen molar-refractivity contribution in [2.75, 3.05) is 11.5 Å². The summed E-state index contributed by atoms with van der Waals surface area (Å²) in [5, 5.41) is 0.0992. The number of Topliss-reactive ketones (excluding diaryl/α,β-unsaturated/α-hetero) is 1. The first-order chi connectivity index (χ1) is 8.50. The Morgan fingerprint density at radius 1 is 1.33 bits per heavy atom. The molecular formula is C14H15NO2S. The van der Waals surface area contributed by atoms with Gasteiger partial charge in [0.25, 0.3) is 0 Å². The lowest BCUT2D eigenvalue weighted by molar-refractivity contribution is -0.109. The second kappa shape index (κ2) is 6.87. The number of thioether (sulfide) groups is 1. The minimum Gasteiger partial charge on any atom is -0.398 e. The Balaban J connectivity index is 2.65. The van der Waals surface area contributed by atoms with Crippen LogP contribution in [0.2, 0.25) is 0 Å². The Labute approximate surface area is 111 Å². The first-order valence-corrected chi connectivity index (χ1v) is 6.52. The van der Waals surface area contributed by atoms with Gasteiger partial charge in [-0.05, 0) is 19.1 Å². The fourth-order valence-electron chi connectivity index (χ4n) is 1.30. The second-order valence-electron chi connectivity index (χ2n) is 3.75. The molecule has 0 spiro atoms. The summed E-state index contributed by atoms with van der Waals surface area (Å²) in [5.74, 6) is 6.57. The highest BCUT2D eigenvalue weighted by Gasteiger charge is 2.02. The van der Waals surface area contributed by atoms with Gasteiger partial charge >= 0.3 is 0 Å². The minimum absolute atomic E-state index is 0.0148. The molecule has 18 heavy (non-hydrogen) atoms. The first-order valence-electron chi connectivity index (χ1n) is 5.53. The molecule has 0 aliphatic carbocycles. The van der Waals surface area contributed by atoms with E-state index in [-0.39, 0.29) is 10.9 Å². The molecule has 1 rings (SSSR count). The lowest BCUT2D eigenvalue weighted by Crippen LogP contribution is -1.96. The van der Waals surface area contributed by atoms with Crippen LogP contribution in [0, 0.1) is 11.8 Å². The SMILES string of the molecule is CC(=O)SCCC#Cc1ccc(C(C)=O)cc1N. The predicted molar refractivity (Wildman–Crippen MR) is 75.5 cm³/mol. The van der Waals surface area contributed by atoms with E-state index in [1.165, 1.54) is 25.6 Å². The highest BCUT2D eigenvalue weighted by Crippen LogP contribution is 2.13. The van der Waals surface area contributed by atoms with Gasteiger partial charge < -0.3 is 5.73 Å². The molecule has 0 fully saturated rings. The van der Waals surface area contributed by atoms with Crippen molar-refractivity contribution in [2.45, 2.75) is 20.3 Å². The highest BCUT2D eigenvalue weighted by molar-refractivity contribution is 8.13. The van der Waals surface area contributed by atoms with E-state index in [0.29, 0.717) is 29.0 Å². The van der Waals surface area contributed by atoms with Crippen LogP contribution in [0.4, 0.5) is 5.69 Å². The smallest absolute Gasteiger partial charge is 0.185 e. The summed E-state index contributed by atoms with van der Waals surface area (Å²) >= 11 is 1.26. The zero-order valence-corrected chi connectivity index (χ0v) is 11.3. The molecule has 0 aromatic heterocycles. The van der Waals surface area contributed by atoms with Crippen LogP contribution >= 0.6 is 11.8 Å². The molecule has 94 valence electrons. The summed E-state index contributed by atoms with van der Waals surface area (Å²) in [6, 6.07) is 5.10. The van der Waals surface area contributed by atoms with E-state index in [2.05, 4.69) is 11.8 Å². The van der Waals surface area contributed by atoms with Crippen LogP contribution < -0.4 is 5.73 Å². The van der Waals surface area contributed by atoms with Gasteiger partial charge in [-0.15, -0.1) is 0 Å². The van der Waals surface area contributed by atoms with Crippen LogP contribution in [0.1, 0.15) is 36.2 Å². The zero-order chi connectivity index (χ0) is 13.5. The van der Waals surface area contributed by atoms with Crippen molar-refractivity contribution in [1.82, 2.24) is 0 Å². The summed E-state index contributed by atoms with van der Waals surface area (Å²) in [4.78, 5) is 21.8. The average molecular weight is 261 g/mol. The fourth-order valence-corrected chi connectivity index (χ4v) is 1.79. The van der Waals surface area contributed by atoms with Gasteiger partial charge in [0.1, 0.15) is 0 Å². The molecule has 0 unspecified atom stereocenters. The zero-order valence-electron chi connectivity index (χ0n) is 10.4. The van der Waals surface area contributed by atoms with Crippen LogP contribution in [-0.4, -0.2) is 16.7 Å². The molecule has 4 heteroatoms. The number of carbonyl (C=O) groups excluding carboxylic acids is 2.